The topological polar surface area (TPSA) is 81.9 Å². The van der Waals surface area contributed by atoms with E-state index < -0.39 is 0 Å². The van der Waals surface area contributed by atoms with Crippen molar-refractivity contribution in [2.24, 2.45) is 0 Å². The Morgan fingerprint density at radius 1 is 1.22 bits per heavy atom. The van der Waals surface area contributed by atoms with Gasteiger partial charge in [-0.15, -0.1) is 10.2 Å². The standard InChI is InChI=1S/C20H21N5O2/c1-14-6-8-16(9-7-14)20-22-24-25(23-20)13-19(26)21-12-18-17-5-3-2-4-15(17)10-11-27-18/h2-9,18H,10-13H2,1H3,(H,21,26)/t18-/m0/s1. The molecule has 1 amide bonds. The number of hydrogen-bond donors (Lipinski definition) is 1. The van der Waals surface area contributed by atoms with E-state index in [1.54, 1.807) is 0 Å². The van der Waals surface area contributed by atoms with Crippen molar-refractivity contribution in [2.45, 2.75) is 26.0 Å². The lowest BCUT2D eigenvalue weighted by Crippen LogP contribution is -2.34. The first-order chi connectivity index (χ1) is 13.2. The second-order valence-corrected chi connectivity index (χ2v) is 6.62. The van der Waals surface area contributed by atoms with Crippen molar-refractivity contribution in [3.8, 4) is 11.4 Å². The summed E-state index contributed by atoms with van der Waals surface area (Å²) in [4.78, 5) is 13.6. The number of tetrazole rings is 1. The number of nitrogens with one attached hydrogen (secondary N) is 1. The molecule has 0 spiro atoms. The van der Waals surface area contributed by atoms with Gasteiger partial charge in [0.05, 0.1) is 6.61 Å². The number of hydrogen-bond acceptors (Lipinski definition) is 5. The van der Waals surface area contributed by atoms with Crippen molar-refractivity contribution in [2.75, 3.05) is 13.2 Å². The summed E-state index contributed by atoms with van der Waals surface area (Å²) in [6.07, 6.45) is 0.788. The number of carbonyl (C=O) groups excluding carboxylic acids is 1. The van der Waals surface area contributed by atoms with E-state index in [2.05, 4.69) is 32.9 Å². The largest absolute Gasteiger partial charge is 0.371 e. The van der Waals surface area contributed by atoms with Gasteiger partial charge in [-0.2, -0.15) is 4.80 Å². The zero-order chi connectivity index (χ0) is 18.6. The molecule has 7 heteroatoms. The van der Waals surface area contributed by atoms with Gasteiger partial charge < -0.3 is 10.1 Å². The minimum atomic E-state index is -0.172. The SMILES string of the molecule is Cc1ccc(-c2nnn(CC(=O)NC[C@@H]3OCCc4ccccc43)n2)cc1. The van der Waals surface area contributed by atoms with Gasteiger partial charge in [-0.05, 0) is 29.7 Å². The Labute approximate surface area is 157 Å². The van der Waals surface area contributed by atoms with Crippen LogP contribution >= 0.6 is 0 Å². The van der Waals surface area contributed by atoms with E-state index in [1.165, 1.54) is 10.4 Å². The minimum absolute atomic E-state index is 0.0211. The number of carbonyl (C=O) groups is 1. The zero-order valence-electron chi connectivity index (χ0n) is 15.1. The molecule has 2 heterocycles. The van der Waals surface area contributed by atoms with Crippen LogP contribution in [0.2, 0.25) is 0 Å². The fraction of sp³-hybridized carbons (Fsp3) is 0.300. The van der Waals surface area contributed by atoms with Crippen molar-refractivity contribution in [3.63, 3.8) is 0 Å². The Hall–Kier alpha value is -3.06. The van der Waals surface area contributed by atoms with Gasteiger partial charge in [0, 0.05) is 12.1 Å². The number of nitrogens with zero attached hydrogens (tertiary/aromatic N) is 4. The van der Waals surface area contributed by atoms with Gasteiger partial charge in [0.25, 0.3) is 0 Å². The first-order valence-electron chi connectivity index (χ1n) is 9.00. The molecule has 3 aromatic rings. The molecule has 0 aliphatic carbocycles. The summed E-state index contributed by atoms with van der Waals surface area (Å²) in [6, 6.07) is 16.0. The third kappa shape index (κ3) is 4.03. The van der Waals surface area contributed by atoms with Crippen LogP contribution in [-0.4, -0.2) is 39.3 Å². The van der Waals surface area contributed by atoms with Crippen molar-refractivity contribution in [1.82, 2.24) is 25.5 Å². The summed E-state index contributed by atoms with van der Waals surface area (Å²) < 4.78 is 5.81. The van der Waals surface area contributed by atoms with E-state index in [-0.39, 0.29) is 18.6 Å². The van der Waals surface area contributed by atoms with Crippen molar-refractivity contribution in [1.29, 1.82) is 0 Å². The van der Waals surface area contributed by atoms with Crippen LogP contribution in [0, 0.1) is 6.92 Å². The molecule has 1 atom stereocenters. The molecule has 4 rings (SSSR count). The van der Waals surface area contributed by atoms with Gasteiger partial charge in [-0.25, -0.2) is 0 Å². The maximum absolute atomic E-state index is 12.3. The molecule has 1 aliphatic rings. The molecule has 2 aromatic carbocycles. The highest BCUT2D eigenvalue weighted by atomic mass is 16.5. The highest BCUT2D eigenvalue weighted by Crippen LogP contribution is 2.26. The number of aryl methyl sites for hydroxylation is 1. The number of rotatable bonds is 5. The summed E-state index contributed by atoms with van der Waals surface area (Å²) in [5.41, 5.74) is 4.46. The number of amides is 1. The molecule has 1 aromatic heterocycles. The van der Waals surface area contributed by atoms with E-state index >= 15 is 0 Å². The Kier molecular flexibility index (Phi) is 4.93. The van der Waals surface area contributed by atoms with E-state index in [1.807, 2.05) is 43.3 Å². The molecule has 27 heavy (non-hydrogen) atoms. The second-order valence-electron chi connectivity index (χ2n) is 6.62. The predicted octanol–water partition coefficient (Wildman–Crippen LogP) is 2.08. The second kappa shape index (κ2) is 7.67. The zero-order valence-corrected chi connectivity index (χ0v) is 15.1. The van der Waals surface area contributed by atoms with Crippen LogP contribution in [0.3, 0.4) is 0 Å². The van der Waals surface area contributed by atoms with Gasteiger partial charge in [-0.1, -0.05) is 54.1 Å². The monoisotopic (exact) mass is 363 g/mol. The van der Waals surface area contributed by atoms with Gasteiger partial charge in [0.2, 0.25) is 11.7 Å². The van der Waals surface area contributed by atoms with Gasteiger partial charge in [0.15, 0.2) is 0 Å². The number of fused-ring (bicyclic) bond motifs is 1. The first kappa shape index (κ1) is 17.4. The fourth-order valence-corrected chi connectivity index (χ4v) is 3.17. The number of ether oxygens (including phenoxy) is 1. The van der Waals surface area contributed by atoms with E-state index in [9.17, 15) is 4.79 Å². The molecule has 0 saturated carbocycles. The summed E-state index contributed by atoms with van der Waals surface area (Å²) in [6.45, 7) is 3.14. The lowest BCUT2D eigenvalue weighted by atomic mass is 9.97. The molecule has 1 aliphatic heterocycles. The summed E-state index contributed by atoms with van der Waals surface area (Å²) in [5, 5.41) is 15.2. The molecular formula is C20H21N5O2. The Morgan fingerprint density at radius 2 is 2.04 bits per heavy atom. The van der Waals surface area contributed by atoms with Crippen molar-refractivity contribution in [3.05, 3.63) is 65.2 Å². The molecule has 0 bridgehead atoms. The molecule has 0 radical (unpaired) electrons. The Bertz CT molecular complexity index is 936. The number of benzene rings is 2. The van der Waals surface area contributed by atoms with Crippen LogP contribution in [0.15, 0.2) is 48.5 Å². The molecular weight excluding hydrogens is 342 g/mol. The van der Waals surface area contributed by atoms with Crippen molar-refractivity contribution < 1.29 is 9.53 Å². The average molecular weight is 363 g/mol. The van der Waals surface area contributed by atoms with E-state index in [0.717, 1.165) is 23.1 Å². The van der Waals surface area contributed by atoms with Crippen LogP contribution in [0.25, 0.3) is 11.4 Å². The van der Waals surface area contributed by atoms with Crippen molar-refractivity contribution >= 4 is 5.91 Å². The maximum Gasteiger partial charge on any atom is 0.243 e. The van der Waals surface area contributed by atoms with E-state index in [0.29, 0.717) is 19.0 Å². The highest BCUT2D eigenvalue weighted by molar-refractivity contribution is 5.75. The third-order valence-corrected chi connectivity index (χ3v) is 4.62. The van der Waals surface area contributed by atoms with Crippen LogP contribution in [0.4, 0.5) is 0 Å². The van der Waals surface area contributed by atoms with E-state index in [4.69, 9.17) is 4.74 Å². The maximum atomic E-state index is 12.3. The van der Waals surface area contributed by atoms with Crippen LogP contribution < -0.4 is 5.32 Å². The first-order valence-corrected chi connectivity index (χ1v) is 9.00. The lowest BCUT2D eigenvalue weighted by molar-refractivity contribution is -0.122. The molecule has 0 fully saturated rings. The van der Waals surface area contributed by atoms with Crippen LogP contribution in [0.5, 0.6) is 0 Å². The van der Waals surface area contributed by atoms with Gasteiger partial charge >= 0.3 is 0 Å². The van der Waals surface area contributed by atoms with Crippen LogP contribution in [-0.2, 0) is 22.5 Å². The van der Waals surface area contributed by atoms with Gasteiger partial charge in [0.1, 0.15) is 12.6 Å². The summed E-state index contributed by atoms with van der Waals surface area (Å²) in [7, 11) is 0. The molecule has 1 N–H and O–H groups in total. The van der Waals surface area contributed by atoms with Crippen LogP contribution in [0.1, 0.15) is 22.8 Å². The number of aromatic nitrogens is 4. The third-order valence-electron chi connectivity index (χ3n) is 4.62. The summed E-state index contributed by atoms with van der Waals surface area (Å²) >= 11 is 0. The molecule has 0 saturated heterocycles. The molecule has 0 unspecified atom stereocenters. The molecule has 138 valence electrons. The lowest BCUT2D eigenvalue weighted by Gasteiger charge is -2.26. The predicted molar refractivity (Wildman–Crippen MR) is 99.8 cm³/mol. The average Bonchev–Trinajstić information content (AvgIpc) is 3.15. The quantitative estimate of drug-likeness (QED) is 0.750. The smallest absolute Gasteiger partial charge is 0.243 e. The Morgan fingerprint density at radius 3 is 2.89 bits per heavy atom. The van der Waals surface area contributed by atoms with Gasteiger partial charge in [-0.3, -0.25) is 4.79 Å². The normalized spacial score (nSPS) is 16.0. The fourth-order valence-electron chi connectivity index (χ4n) is 3.17. The highest BCUT2D eigenvalue weighted by Gasteiger charge is 2.21. The Balaban J connectivity index is 1.35. The molecule has 7 nitrogen and oxygen atoms in total. The minimum Gasteiger partial charge on any atom is -0.371 e. The summed E-state index contributed by atoms with van der Waals surface area (Å²) in [5.74, 6) is 0.335.